The van der Waals surface area contributed by atoms with Crippen LogP contribution in [0.4, 0.5) is 0 Å². The zero-order valence-corrected chi connectivity index (χ0v) is 14.3. The van der Waals surface area contributed by atoms with E-state index in [9.17, 15) is 0 Å². The van der Waals surface area contributed by atoms with Crippen molar-refractivity contribution in [3.8, 4) is 0 Å². The number of hydrogen-bond acceptors (Lipinski definition) is 1. The average Bonchev–Trinajstić information content (AvgIpc) is 2.54. The van der Waals surface area contributed by atoms with Gasteiger partial charge < -0.3 is 5.73 Å². The van der Waals surface area contributed by atoms with E-state index in [1.807, 2.05) is 12.1 Å². The smallest absolute Gasteiger partial charge is 0.0449 e. The number of benzene rings is 1. The number of nitrogens with two attached hydrogens (primary N) is 1. The zero-order valence-electron chi connectivity index (χ0n) is 11.9. The third kappa shape index (κ3) is 4.34. The quantitative estimate of drug-likeness (QED) is 0.690. The van der Waals surface area contributed by atoms with Gasteiger partial charge in [-0.3, -0.25) is 0 Å². The lowest BCUT2D eigenvalue weighted by Crippen LogP contribution is -2.24. The maximum absolute atomic E-state index is 5.94. The van der Waals surface area contributed by atoms with Crippen LogP contribution in [0.1, 0.15) is 38.7 Å². The van der Waals surface area contributed by atoms with Crippen LogP contribution < -0.4 is 5.73 Å². The van der Waals surface area contributed by atoms with E-state index in [-0.39, 0.29) is 0 Å². The van der Waals surface area contributed by atoms with Crippen molar-refractivity contribution in [2.75, 3.05) is 7.05 Å². The molecule has 1 nitrogen and oxygen atoms in total. The molecule has 1 atom stereocenters. The van der Waals surface area contributed by atoms with Crippen LogP contribution >= 0.6 is 27.5 Å². The minimum Gasteiger partial charge on any atom is -0.333 e. The fraction of sp³-hybridized carbons (Fsp3) is 0.500. The van der Waals surface area contributed by atoms with Gasteiger partial charge in [0, 0.05) is 9.85 Å². The highest BCUT2D eigenvalue weighted by atomic mass is 79.9. The topological polar surface area (TPSA) is 26.0 Å². The molecule has 0 aliphatic heterocycles. The van der Waals surface area contributed by atoms with Crippen molar-refractivity contribution in [1.82, 2.24) is 0 Å². The van der Waals surface area contributed by atoms with Gasteiger partial charge in [0.05, 0.1) is 0 Å². The van der Waals surface area contributed by atoms with Gasteiger partial charge in [0.25, 0.3) is 0 Å². The van der Waals surface area contributed by atoms with Crippen molar-refractivity contribution in [3.05, 3.63) is 40.9 Å². The summed E-state index contributed by atoms with van der Waals surface area (Å²) in [6.45, 7) is 4.67. The van der Waals surface area contributed by atoms with Crippen LogP contribution in [0.15, 0.2) is 30.3 Å². The predicted octanol–water partition coefficient (Wildman–Crippen LogP) is 5.27. The minimum atomic E-state index is 0.308. The molecule has 106 valence electrons. The van der Waals surface area contributed by atoms with Gasteiger partial charge in [-0.15, -0.1) is 0 Å². The Hall–Kier alpha value is -0.310. The number of alkyl halides is 1. The first-order chi connectivity index (χ1) is 9.00. The molecule has 0 saturated carbocycles. The van der Waals surface area contributed by atoms with Gasteiger partial charge in [-0.2, -0.15) is 0 Å². The van der Waals surface area contributed by atoms with Crippen molar-refractivity contribution in [1.29, 1.82) is 0 Å². The summed E-state index contributed by atoms with van der Waals surface area (Å²) in [6.07, 6.45) is 6.07. The van der Waals surface area contributed by atoms with Crippen molar-refractivity contribution in [3.63, 3.8) is 0 Å². The number of halogens is 2. The van der Waals surface area contributed by atoms with E-state index in [4.69, 9.17) is 11.6 Å². The predicted molar refractivity (Wildman–Crippen MR) is 89.9 cm³/mol. The molecular formula is C16H23BrClN. The Kier molecular flexibility index (Phi) is 6.58. The highest BCUT2D eigenvalue weighted by Gasteiger charge is 2.31. The summed E-state index contributed by atoms with van der Waals surface area (Å²) in [5.74, 6) is 0. The van der Waals surface area contributed by atoms with Crippen LogP contribution in [0.5, 0.6) is 0 Å². The normalized spacial score (nSPS) is 21.8. The molecule has 0 spiro atoms. The average molecular weight is 345 g/mol. The molecule has 1 aromatic rings. The van der Waals surface area contributed by atoms with E-state index in [1.165, 1.54) is 37.4 Å². The van der Waals surface area contributed by atoms with Gasteiger partial charge in [-0.1, -0.05) is 59.6 Å². The second kappa shape index (κ2) is 7.47. The summed E-state index contributed by atoms with van der Waals surface area (Å²) in [6, 6.07) is 8.17. The van der Waals surface area contributed by atoms with E-state index in [0.717, 1.165) is 5.02 Å². The maximum Gasteiger partial charge on any atom is 0.0449 e. The van der Waals surface area contributed by atoms with E-state index in [0.29, 0.717) is 10.2 Å². The third-order valence-electron chi connectivity index (χ3n) is 3.53. The summed E-state index contributed by atoms with van der Waals surface area (Å²) < 4.78 is 0. The molecule has 1 aliphatic carbocycles. The van der Waals surface area contributed by atoms with Gasteiger partial charge in [0.1, 0.15) is 0 Å². The Bertz CT molecular complexity index is 423. The Morgan fingerprint density at radius 2 is 1.79 bits per heavy atom. The lowest BCUT2D eigenvalue weighted by atomic mass is 9.81. The molecule has 0 fully saturated rings. The van der Waals surface area contributed by atoms with Crippen molar-refractivity contribution < 1.29 is 0 Å². The number of hydrogen-bond donors (Lipinski definition) is 1. The van der Waals surface area contributed by atoms with Crippen LogP contribution in [0.25, 0.3) is 5.57 Å². The molecule has 2 N–H and O–H groups in total. The van der Waals surface area contributed by atoms with Crippen molar-refractivity contribution in [2.24, 2.45) is 11.1 Å². The SMILES string of the molecule is CC1(C)CCCC=C(c2ccc(Cl)cc2)C1Br.CN. The van der Waals surface area contributed by atoms with Gasteiger partial charge in [0.2, 0.25) is 0 Å². The fourth-order valence-electron chi connectivity index (χ4n) is 2.37. The summed E-state index contributed by atoms with van der Waals surface area (Å²) >= 11 is 9.82. The first kappa shape index (κ1) is 16.7. The molecular weight excluding hydrogens is 322 g/mol. The second-order valence-electron chi connectivity index (χ2n) is 5.41. The Balaban J connectivity index is 0.000000861. The highest BCUT2D eigenvalue weighted by molar-refractivity contribution is 9.09. The molecule has 0 bridgehead atoms. The van der Waals surface area contributed by atoms with Gasteiger partial charge in [-0.25, -0.2) is 0 Å². The number of rotatable bonds is 1. The molecule has 0 amide bonds. The largest absolute Gasteiger partial charge is 0.333 e. The summed E-state index contributed by atoms with van der Waals surface area (Å²) in [5.41, 5.74) is 7.50. The van der Waals surface area contributed by atoms with E-state index >= 15 is 0 Å². The molecule has 0 aromatic heterocycles. The number of allylic oxidation sites excluding steroid dienone is 2. The molecule has 0 saturated heterocycles. The van der Waals surface area contributed by atoms with Crippen LogP contribution in [0.2, 0.25) is 5.02 Å². The van der Waals surface area contributed by atoms with E-state index in [2.05, 4.69) is 53.7 Å². The van der Waals surface area contributed by atoms with Gasteiger partial charge >= 0.3 is 0 Å². The lowest BCUT2D eigenvalue weighted by molar-refractivity contribution is 0.354. The van der Waals surface area contributed by atoms with Crippen LogP contribution in [0.3, 0.4) is 0 Å². The molecule has 1 aromatic carbocycles. The Labute approximate surface area is 130 Å². The molecule has 3 heteroatoms. The van der Waals surface area contributed by atoms with Crippen molar-refractivity contribution >= 4 is 33.1 Å². The summed E-state index contributed by atoms with van der Waals surface area (Å²) in [7, 11) is 1.50. The van der Waals surface area contributed by atoms with E-state index < -0.39 is 0 Å². The Morgan fingerprint density at radius 1 is 1.21 bits per heavy atom. The first-order valence-corrected chi connectivity index (χ1v) is 7.98. The molecule has 0 radical (unpaired) electrons. The summed E-state index contributed by atoms with van der Waals surface area (Å²) in [4.78, 5) is 0.415. The van der Waals surface area contributed by atoms with Gasteiger partial charge in [0.15, 0.2) is 0 Å². The molecule has 1 aliphatic rings. The second-order valence-corrected chi connectivity index (χ2v) is 6.76. The van der Waals surface area contributed by atoms with Crippen LogP contribution in [0, 0.1) is 5.41 Å². The van der Waals surface area contributed by atoms with Crippen molar-refractivity contribution in [2.45, 2.75) is 37.9 Å². The minimum absolute atomic E-state index is 0.308. The van der Waals surface area contributed by atoms with E-state index in [1.54, 1.807) is 0 Å². The third-order valence-corrected chi connectivity index (χ3v) is 5.51. The Morgan fingerprint density at radius 3 is 2.37 bits per heavy atom. The summed E-state index contributed by atoms with van der Waals surface area (Å²) in [5, 5.41) is 0.799. The first-order valence-electron chi connectivity index (χ1n) is 6.68. The van der Waals surface area contributed by atoms with Gasteiger partial charge in [-0.05, 0) is 55.0 Å². The zero-order chi connectivity index (χ0) is 14.5. The fourth-order valence-corrected chi connectivity index (χ4v) is 3.18. The van der Waals surface area contributed by atoms with Crippen LogP contribution in [-0.2, 0) is 0 Å². The molecule has 2 rings (SSSR count). The lowest BCUT2D eigenvalue weighted by Gasteiger charge is -2.30. The standard InChI is InChI=1S/C15H18BrCl.CH5N/c1-15(2)10-4-3-5-13(14(15)16)11-6-8-12(17)9-7-11;1-2/h5-9,14H,3-4,10H2,1-2H3;2H2,1H3. The monoisotopic (exact) mass is 343 g/mol. The molecule has 19 heavy (non-hydrogen) atoms. The maximum atomic E-state index is 5.94. The van der Waals surface area contributed by atoms with Crippen LogP contribution in [-0.4, -0.2) is 11.9 Å². The molecule has 0 heterocycles. The molecule has 1 unspecified atom stereocenters. The highest BCUT2D eigenvalue weighted by Crippen LogP contribution is 2.43.